The average Bonchev–Trinajstić information content (AvgIpc) is 2.42. The van der Waals surface area contributed by atoms with Gasteiger partial charge in [0.15, 0.2) is 0 Å². The topological polar surface area (TPSA) is 38.3 Å². The molecule has 0 saturated carbocycles. The first-order chi connectivity index (χ1) is 9.58. The van der Waals surface area contributed by atoms with Gasteiger partial charge >= 0.3 is 0 Å². The summed E-state index contributed by atoms with van der Waals surface area (Å²) >= 11 is 9.38. The molecule has 0 saturated heterocycles. The standard InChI is InChI=1S/C15H13BrClNO2/c1-20-12-4-2-3-10(7-12)8-15(19)18-14-6-5-11(16)9-13(14)17/h2-7,9H,8H2,1H3,(H,18,19). The zero-order chi connectivity index (χ0) is 14.5. The van der Waals surface area contributed by atoms with Gasteiger partial charge < -0.3 is 10.1 Å². The van der Waals surface area contributed by atoms with E-state index in [4.69, 9.17) is 16.3 Å². The monoisotopic (exact) mass is 353 g/mol. The SMILES string of the molecule is COc1cccc(CC(=O)Nc2ccc(Br)cc2Cl)c1. The number of benzene rings is 2. The molecular weight excluding hydrogens is 342 g/mol. The van der Waals surface area contributed by atoms with Crippen molar-refractivity contribution in [2.24, 2.45) is 0 Å². The van der Waals surface area contributed by atoms with Crippen LogP contribution in [0.4, 0.5) is 5.69 Å². The molecule has 0 aromatic heterocycles. The number of anilines is 1. The molecule has 0 aliphatic heterocycles. The maximum Gasteiger partial charge on any atom is 0.228 e. The fourth-order valence-corrected chi connectivity index (χ4v) is 2.47. The molecule has 3 nitrogen and oxygen atoms in total. The van der Waals surface area contributed by atoms with Gasteiger partial charge in [0.1, 0.15) is 5.75 Å². The van der Waals surface area contributed by atoms with Gasteiger partial charge in [-0.3, -0.25) is 4.79 Å². The van der Waals surface area contributed by atoms with Crippen molar-refractivity contribution in [1.29, 1.82) is 0 Å². The zero-order valence-corrected chi connectivity index (χ0v) is 13.2. The van der Waals surface area contributed by atoms with E-state index in [2.05, 4.69) is 21.2 Å². The van der Waals surface area contributed by atoms with Crippen LogP contribution in [-0.4, -0.2) is 13.0 Å². The summed E-state index contributed by atoms with van der Waals surface area (Å²) in [7, 11) is 1.60. The number of carbonyl (C=O) groups excluding carboxylic acids is 1. The molecule has 2 aromatic carbocycles. The number of carbonyl (C=O) groups is 1. The van der Waals surface area contributed by atoms with Gasteiger partial charge in [-0.25, -0.2) is 0 Å². The zero-order valence-electron chi connectivity index (χ0n) is 10.8. The van der Waals surface area contributed by atoms with Gasteiger partial charge in [0, 0.05) is 4.47 Å². The van der Waals surface area contributed by atoms with Crippen LogP contribution in [0.25, 0.3) is 0 Å². The lowest BCUT2D eigenvalue weighted by Crippen LogP contribution is -2.14. The molecule has 0 heterocycles. The van der Waals surface area contributed by atoms with Crippen molar-refractivity contribution in [2.75, 3.05) is 12.4 Å². The van der Waals surface area contributed by atoms with Gasteiger partial charge in [-0.1, -0.05) is 39.7 Å². The number of halogens is 2. The summed E-state index contributed by atoms with van der Waals surface area (Å²) < 4.78 is 6.00. The molecule has 0 fully saturated rings. The Hall–Kier alpha value is -1.52. The first-order valence-electron chi connectivity index (χ1n) is 5.96. The van der Waals surface area contributed by atoms with Crippen molar-refractivity contribution in [3.8, 4) is 5.75 Å². The van der Waals surface area contributed by atoms with Crippen LogP contribution in [0, 0.1) is 0 Å². The Bertz CT molecular complexity index is 631. The molecule has 20 heavy (non-hydrogen) atoms. The average molecular weight is 355 g/mol. The van der Waals surface area contributed by atoms with Crippen molar-refractivity contribution in [1.82, 2.24) is 0 Å². The second-order valence-corrected chi connectivity index (χ2v) is 5.52. The third-order valence-electron chi connectivity index (χ3n) is 2.70. The molecule has 0 aliphatic rings. The number of hydrogen-bond donors (Lipinski definition) is 1. The molecule has 0 atom stereocenters. The van der Waals surface area contributed by atoms with Crippen LogP contribution in [0.2, 0.25) is 5.02 Å². The van der Waals surface area contributed by atoms with Crippen molar-refractivity contribution in [2.45, 2.75) is 6.42 Å². The lowest BCUT2D eigenvalue weighted by atomic mass is 10.1. The molecular formula is C15H13BrClNO2. The first kappa shape index (κ1) is 14.9. The molecule has 2 aromatic rings. The van der Waals surface area contributed by atoms with Crippen molar-refractivity contribution < 1.29 is 9.53 Å². The van der Waals surface area contributed by atoms with E-state index in [9.17, 15) is 4.79 Å². The minimum absolute atomic E-state index is 0.123. The van der Waals surface area contributed by atoms with E-state index < -0.39 is 0 Å². The second kappa shape index (κ2) is 6.77. The summed E-state index contributed by atoms with van der Waals surface area (Å²) in [4.78, 5) is 12.0. The molecule has 0 bridgehead atoms. The highest BCUT2D eigenvalue weighted by atomic mass is 79.9. The van der Waals surface area contributed by atoms with Gasteiger partial charge in [0.25, 0.3) is 0 Å². The van der Waals surface area contributed by atoms with Crippen LogP contribution < -0.4 is 10.1 Å². The second-order valence-electron chi connectivity index (χ2n) is 4.20. The maximum absolute atomic E-state index is 12.0. The van der Waals surface area contributed by atoms with Gasteiger partial charge in [0.2, 0.25) is 5.91 Å². The smallest absolute Gasteiger partial charge is 0.228 e. The van der Waals surface area contributed by atoms with Crippen molar-refractivity contribution in [3.05, 3.63) is 57.5 Å². The predicted octanol–water partition coefficient (Wildman–Crippen LogP) is 4.29. The number of ether oxygens (including phenoxy) is 1. The van der Waals surface area contributed by atoms with E-state index in [1.54, 1.807) is 19.2 Å². The minimum Gasteiger partial charge on any atom is -0.497 e. The Morgan fingerprint density at radius 3 is 2.80 bits per heavy atom. The number of hydrogen-bond acceptors (Lipinski definition) is 2. The number of rotatable bonds is 4. The van der Waals surface area contributed by atoms with Crippen LogP contribution in [0.15, 0.2) is 46.9 Å². The minimum atomic E-state index is -0.123. The number of nitrogens with one attached hydrogen (secondary N) is 1. The highest BCUT2D eigenvalue weighted by molar-refractivity contribution is 9.10. The largest absolute Gasteiger partial charge is 0.497 e. The van der Waals surface area contributed by atoms with Crippen LogP contribution in [0.3, 0.4) is 0 Å². The third-order valence-corrected chi connectivity index (χ3v) is 3.51. The van der Waals surface area contributed by atoms with Gasteiger partial charge in [0.05, 0.1) is 24.2 Å². The number of amides is 1. The Kier molecular flexibility index (Phi) is 5.04. The van der Waals surface area contributed by atoms with E-state index in [0.717, 1.165) is 15.8 Å². The summed E-state index contributed by atoms with van der Waals surface area (Å²) in [6, 6.07) is 12.7. The van der Waals surface area contributed by atoms with Crippen LogP contribution in [0.1, 0.15) is 5.56 Å². The maximum atomic E-state index is 12.0. The summed E-state index contributed by atoms with van der Waals surface area (Å²) in [5.41, 5.74) is 1.48. The lowest BCUT2D eigenvalue weighted by Gasteiger charge is -2.08. The summed E-state index contributed by atoms with van der Waals surface area (Å²) in [5, 5.41) is 3.29. The Morgan fingerprint density at radius 1 is 1.30 bits per heavy atom. The quantitative estimate of drug-likeness (QED) is 0.889. The molecule has 0 unspecified atom stereocenters. The molecule has 5 heteroatoms. The van der Waals surface area contributed by atoms with E-state index in [1.807, 2.05) is 30.3 Å². The Labute approximate surface area is 131 Å². The van der Waals surface area contributed by atoms with Gasteiger partial charge in [-0.05, 0) is 35.9 Å². The lowest BCUT2D eigenvalue weighted by molar-refractivity contribution is -0.115. The summed E-state index contributed by atoms with van der Waals surface area (Å²) in [6.45, 7) is 0. The van der Waals surface area contributed by atoms with Crippen LogP contribution >= 0.6 is 27.5 Å². The summed E-state index contributed by atoms with van der Waals surface area (Å²) in [6.07, 6.45) is 0.267. The number of methoxy groups -OCH3 is 1. The highest BCUT2D eigenvalue weighted by Crippen LogP contribution is 2.25. The molecule has 2 rings (SSSR count). The van der Waals surface area contributed by atoms with Gasteiger partial charge in [-0.15, -0.1) is 0 Å². The van der Waals surface area contributed by atoms with Crippen LogP contribution in [0.5, 0.6) is 5.75 Å². The third kappa shape index (κ3) is 3.99. The molecule has 0 spiro atoms. The normalized spacial score (nSPS) is 10.2. The van der Waals surface area contributed by atoms with E-state index in [1.165, 1.54) is 0 Å². The molecule has 104 valence electrons. The Morgan fingerprint density at radius 2 is 2.10 bits per heavy atom. The first-order valence-corrected chi connectivity index (χ1v) is 7.13. The van der Waals surface area contributed by atoms with Crippen molar-refractivity contribution in [3.63, 3.8) is 0 Å². The summed E-state index contributed by atoms with van der Waals surface area (Å²) in [5.74, 6) is 0.611. The molecule has 1 N–H and O–H groups in total. The fourth-order valence-electron chi connectivity index (χ4n) is 1.75. The molecule has 0 radical (unpaired) electrons. The molecule has 0 aliphatic carbocycles. The van der Waals surface area contributed by atoms with E-state index >= 15 is 0 Å². The van der Waals surface area contributed by atoms with E-state index in [-0.39, 0.29) is 12.3 Å². The van der Waals surface area contributed by atoms with Gasteiger partial charge in [-0.2, -0.15) is 0 Å². The van der Waals surface area contributed by atoms with Crippen LogP contribution in [-0.2, 0) is 11.2 Å². The van der Waals surface area contributed by atoms with E-state index in [0.29, 0.717) is 10.7 Å². The molecule has 1 amide bonds. The highest BCUT2D eigenvalue weighted by Gasteiger charge is 2.08. The fraction of sp³-hybridized carbons (Fsp3) is 0.133. The Balaban J connectivity index is 2.05. The predicted molar refractivity (Wildman–Crippen MR) is 84.5 cm³/mol. The van der Waals surface area contributed by atoms with Crippen molar-refractivity contribution >= 4 is 39.1 Å².